The van der Waals surface area contributed by atoms with Crippen molar-refractivity contribution in [2.75, 3.05) is 47.1 Å². The van der Waals surface area contributed by atoms with Crippen LogP contribution in [0.25, 0.3) is 0 Å². The maximum atomic E-state index is 12.4. The van der Waals surface area contributed by atoms with Crippen LogP contribution < -0.4 is 5.73 Å². The summed E-state index contributed by atoms with van der Waals surface area (Å²) in [6.07, 6.45) is 35.9. The molecule has 0 bridgehead atoms. The Kier molecular flexibility index (Phi) is 36.6. The molecule has 0 spiro atoms. The lowest BCUT2D eigenvalue weighted by Crippen LogP contribution is -2.45. The number of hydrogen-bond donors (Lipinski definition) is 1. The fourth-order valence-corrected chi connectivity index (χ4v) is 6.08. The van der Waals surface area contributed by atoms with Gasteiger partial charge in [0.25, 0.3) is 0 Å². The molecule has 0 saturated carbocycles. The van der Waals surface area contributed by atoms with Crippen LogP contribution in [0.5, 0.6) is 0 Å². The Hall–Kier alpha value is -0.690. The topological polar surface area (TPSA) is 74.0 Å². The molecule has 0 heterocycles. The minimum Gasteiger partial charge on any atom is -0.377 e. The minimum atomic E-state index is -0.757. The number of carbonyl (C=O) groups excluding carboxylic acids is 1. The van der Waals surface area contributed by atoms with E-state index in [1.807, 2.05) is 14.1 Å². The SMILES string of the molecule is CCCCCCCCCCCCCCCCOC(COCCN(C)C)C(OCCCCCCCCCCCCCCCC)C(N)=O. The molecule has 0 aliphatic carbocycles. The quantitative estimate of drug-likeness (QED) is 0.0668. The average molecular weight is 655 g/mol. The highest BCUT2D eigenvalue weighted by Gasteiger charge is 2.28. The lowest BCUT2D eigenvalue weighted by Gasteiger charge is -2.25. The molecule has 2 unspecified atom stereocenters. The highest BCUT2D eigenvalue weighted by atomic mass is 16.6. The molecule has 6 heteroatoms. The molecule has 6 nitrogen and oxygen atoms in total. The number of primary amides is 1. The van der Waals surface area contributed by atoms with E-state index in [1.54, 1.807) is 0 Å². The number of carbonyl (C=O) groups is 1. The van der Waals surface area contributed by atoms with E-state index in [2.05, 4.69) is 18.7 Å². The van der Waals surface area contributed by atoms with Crippen molar-refractivity contribution >= 4 is 5.91 Å². The number of nitrogens with two attached hydrogens (primary N) is 1. The predicted molar refractivity (Wildman–Crippen MR) is 199 cm³/mol. The van der Waals surface area contributed by atoms with Gasteiger partial charge in [-0.15, -0.1) is 0 Å². The second kappa shape index (κ2) is 37.1. The monoisotopic (exact) mass is 655 g/mol. The zero-order chi connectivity index (χ0) is 33.8. The third-order valence-electron chi connectivity index (χ3n) is 9.21. The summed E-state index contributed by atoms with van der Waals surface area (Å²) in [4.78, 5) is 14.5. The van der Waals surface area contributed by atoms with E-state index >= 15 is 0 Å². The van der Waals surface area contributed by atoms with Crippen LogP contribution in [-0.4, -0.2) is 70.1 Å². The van der Waals surface area contributed by atoms with Gasteiger partial charge in [0.1, 0.15) is 6.10 Å². The number of nitrogens with zero attached hydrogens (tertiary/aromatic N) is 1. The summed E-state index contributed by atoms with van der Waals surface area (Å²) in [6, 6.07) is 0. The summed E-state index contributed by atoms with van der Waals surface area (Å²) in [5.41, 5.74) is 5.80. The van der Waals surface area contributed by atoms with Gasteiger partial charge in [-0.25, -0.2) is 0 Å². The Morgan fingerprint density at radius 2 is 0.826 bits per heavy atom. The maximum Gasteiger partial charge on any atom is 0.249 e. The summed E-state index contributed by atoms with van der Waals surface area (Å²) in [6.45, 7) is 7.48. The van der Waals surface area contributed by atoms with Gasteiger partial charge in [-0.1, -0.05) is 181 Å². The Bertz CT molecular complexity index is 604. The fraction of sp³-hybridized carbons (Fsp3) is 0.975. The molecule has 0 fully saturated rings. The predicted octanol–water partition coefficient (Wildman–Crippen LogP) is 10.8. The number of rotatable bonds is 39. The zero-order valence-corrected chi connectivity index (χ0v) is 31.6. The molecule has 0 saturated heterocycles. The molecular weight excluding hydrogens is 572 g/mol. The fourth-order valence-electron chi connectivity index (χ4n) is 6.08. The Morgan fingerprint density at radius 3 is 1.15 bits per heavy atom. The van der Waals surface area contributed by atoms with Crippen LogP contribution in [0.1, 0.15) is 194 Å². The van der Waals surface area contributed by atoms with Crippen LogP contribution in [-0.2, 0) is 19.0 Å². The second-order valence-electron chi connectivity index (χ2n) is 14.2. The van der Waals surface area contributed by atoms with Gasteiger partial charge in [0.15, 0.2) is 6.10 Å². The van der Waals surface area contributed by atoms with Crippen molar-refractivity contribution in [2.24, 2.45) is 5.73 Å². The molecule has 0 aromatic heterocycles. The highest BCUT2D eigenvalue weighted by molar-refractivity contribution is 5.79. The smallest absolute Gasteiger partial charge is 0.249 e. The van der Waals surface area contributed by atoms with E-state index in [1.165, 1.54) is 154 Å². The van der Waals surface area contributed by atoms with Crippen molar-refractivity contribution in [1.82, 2.24) is 4.90 Å². The molecule has 0 aromatic rings. The molecule has 1 amide bonds. The van der Waals surface area contributed by atoms with Crippen LogP contribution in [0.15, 0.2) is 0 Å². The van der Waals surface area contributed by atoms with Gasteiger partial charge in [0, 0.05) is 19.8 Å². The normalized spacial score (nSPS) is 13.1. The van der Waals surface area contributed by atoms with Gasteiger partial charge >= 0.3 is 0 Å². The van der Waals surface area contributed by atoms with E-state index in [0.29, 0.717) is 26.4 Å². The first-order chi connectivity index (χ1) is 22.5. The minimum absolute atomic E-state index is 0.332. The molecule has 2 N–H and O–H groups in total. The van der Waals surface area contributed by atoms with Crippen LogP contribution in [0.2, 0.25) is 0 Å². The van der Waals surface area contributed by atoms with Gasteiger partial charge < -0.3 is 24.8 Å². The molecule has 276 valence electrons. The molecular formula is C40H82N2O4. The first kappa shape index (κ1) is 45.3. The summed E-state index contributed by atoms with van der Waals surface area (Å²) in [7, 11) is 4.05. The van der Waals surface area contributed by atoms with Crippen molar-refractivity contribution in [3.8, 4) is 0 Å². The highest BCUT2D eigenvalue weighted by Crippen LogP contribution is 2.15. The second-order valence-corrected chi connectivity index (χ2v) is 14.2. The van der Waals surface area contributed by atoms with Crippen molar-refractivity contribution < 1.29 is 19.0 Å². The Morgan fingerprint density at radius 1 is 0.500 bits per heavy atom. The van der Waals surface area contributed by atoms with Gasteiger partial charge in [-0.2, -0.15) is 0 Å². The molecule has 2 atom stereocenters. The molecule has 0 radical (unpaired) electrons. The van der Waals surface area contributed by atoms with E-state index in [4.69, 9.17) is 19.9 Å². The molecule has 46 heavy (non-hydrogen) atoms. The Balaban J connectivity index is 4.09. The third kappa shape index (κ3) is 33.2. The number of likely N-dealkylation sites (N-methyl/N-ethyl adjacent to an activating group) is 1. The van der Waals surface area contributed by atoms with Crippen LogP contribution >= 0.6 is 0 Å². The summed E-state index contributed by atoms with van der Waals surface area (Å²) >= 11 is 0. The van der Waals surface area contributed by atoms with Crippen molar-refractivity contribution in [3.63, 3.8) is 0 Å². The van der Waals surface area contributed by atoms with Crippen molar-refractivity contribution in [3.05, 3.63) is 0 Å². The van der Waals surface area contributed by atoms with Gasteiger partial charge in [-0.3, -0.25) is 4.79 Å². The molecule has 0 aliphatic rings. The average Bonchev–Trinajstić information content (AvgIpc) is 3.03. The van der Waals surface area contributed by atoms with Gasteiger partial charge in [0.2, 0.25) is 5.91 Å². The summed E-state index contributed by atoms with van der Waals surface area (Å²) in [5, 5.41) is 0. The third-order valence-corrected chi connectivity index (χ3v) is 9.21. The van der Waals surface area contributed by atoms with E-state index in [0.717, 1.165) is 32.2 Å². The van der Waals surface area contributed by atoms with Crippen molar-refractivity contribution in [1.29, 1.82) is 0 Å². The molecule has 0 aromatic carbocycles. The zero-order valence-electron chi connectivity index (χ0n) is 31.6. The first-order valence-electron chi connectivity index (χ1n) is 20.3. The van der Waals surface area contributed by atoms with E-state index in [-0.39, 0.29) is 0 Å². The molecule has 0 aliphatic heterocycles. The van der Waals surface area contributed by atoms with Gasteiger partial charge in [-0.05, 0) is 26.9 Å². The van der Waals surface area contributed by atoms with Crippen LogP contribution in [0.3, 0.4) is 0 Å². The van der Waals surface area contributed by atoms with Crippen molar-refractivity contribution in [2.45, 2.75) is 206 Å². The molecule has 0 rings (SSSR count). The lowest BCUT2D eigenvalue weighted by molar-refractivity contribution is -0.148. The van der Waals surface area contributed by atoms with E-state index in [9.17, 15) is 4.79 Å². The largest absolute Gasteiger partial charge is 0.377 e. The van der Waals surface area contributed by atoms with E-state index < -0.39 is 18.1 Å². The number of amides is 1. The van der Waals surface area contributed by atoms with Gasteiger partial charge in [0.05, 0.1) is 13.2 Å². The van der Waals surface area contributed by atoms with Crippen LogP contribution in [0.4, 0.5) is 0 Å². The summed E-state index contributed by atoms with van der Waals surface area (Å²) < 4.78 is 18.1. The Labute approximate surface area is 288 Å². The number of hydrogen-bond acceptors (Lipinski definition) is 5. The number of unbranched alkanes of at least 4 members (excludes halogenated alkanes) is 26. The lowest BCUT2D eigenvalue weighted by atomic mass is 10.0. The standard InChI is InChI=1S/C40H82N2O4/c1-5-7-9-11-13-15-17-19-21-23-25-27-29-31-34-45-38(37-44-36-33-42(3)4)39(40(41)43)46-35-32-30-28-26-24-22-20-18-16-14-12-10-8-6-2/h38-39H,5-37H2,1-4H3,(H2,41,43). The first-order valence-corrected chi connectivity index (χ1v) is 20.3. The maximum absolute atomic E-state index is 12.4. The number of ether oxygens (including phenoxy) is 3. The summed E-state index contributed by atoms with van der Waals surface area (Å²) in [5.74, 6) is -0.451. The van der Waals surface area contributed by atoms with Crippen LogP contribution in [0, 0.1) is 0 Å².